The molecule has 154 valence electrons. The molecule has 2 aromatic rings. The molecule has 1 aromatic carbocycles. The van der Waals surface area contributed by atoms with Gasteiger partial charge in [0.25, 0.3) is 5.56 Å². The van der Waals surface area contributed by atoms with Crippen molar-refractivity contribution in [1.82, 2.24) is 14.5 Å². The van der Waals surface area contributed by atoms with Gasteiger partial charge in [0.05, 0.1) is 22.9 Å². The van der Waals surface area contributed by atoms with E-state index in [0.29, 0.717) is 28.6 Å². The van der Waals surface area contributed by atoms with Crippen LogP contribution in [0.3, 0.4) is 0 Å². The van der Waals surface area contributed by atoms with E-state index in [-0.39, 0.29) is 11.5 Å². The van der Waals surface area contributed by atoms with Crippen LogP contribution in [-0.4, -0.2) is 44.5 Å². The minimum atomic E-state index is 0.0231. The molecule has 0 N–H and O–H groups in total. The molecule has 4 rings (SSSR count). The van der Waals surface area contributed by atoms with E-state index in [1.165, 1.54) is 11.8 Å². The molecule has 1 amide bonds. The normalized spacial score (nSPS) is 19.4. The summed E-state index contributed by atoms with van der Waals surface area (Å²) < 4.78 is 1.75. The summed E-state index contributed by atoms with van der Waals surface area (Å²) in [6, 6.07) is 9.96. The van der Waals surface area contributed by atoms with E-state index in [4.69, 9.17) is 4.98 Å². The van der Waals surface area contributed by atoms with Gasteiger partial charge in [0.2, 0.25) is 5.91 Å². The molecule has 2 aliphatic heterocycles. The van der Waals surface area contributed by atoms with Crippen LogP contribution in [0.15, 0.2) is 45.2 Å². The van der Waals surface area contributed by atoms with Gasteiger partial charge in [-0.2, -0.15) is 0 Å². The van der Waals surface area contributed by atoms with Crippen molar-refractivity contribution >= 4 is 29.4 Å². The zero-order valence-electron chi connectivity index (χ0n) is 17.0. The van der Waals surface area contributed by atoms with E-state index in [9.17, 15) is 9.59 Å². The molecule has 1 aromatic heterocycles. The Balaban J connectivity index is 1.56. The number of hydrogen-bond acceptors (Lipinski definition) is 5. The quantitative estimate of drug-likeness (QED) is 0.536. The Bertz CT molecular complexity index is 937. The van der Waals surface area contributed by atoms with Gasteiger partial charge in [0.1, 0.15) is 0 Å². The zero-order chi connectivity index (χ0) is 20.4. The smallest absolute Gasteiger partial charge is 0.268 e. The molecule has 3 heterocycles. The maximum Gasteiger partial charge on any atom is 0.268 e. The van der Waals surface area contributed by atoms with Gasteiger partial charge in [-0.1, -0.05) is 55.9 Å². The summed E-state index contributed by atoms with van der Waals surface area (Å²) in [5, 5.41) is 1.03. The van der Waals surface area contributed by atoms with Gasteiger partial charge in [-0.3, -0.25) is 14.2 Å². The molecule has 0 aliphatic carbocycles. The number of rotatable bonds is 5. The van der Waals surface area contributed by atoms with E-state index in [1.54, 1.807) is 16.3 Å². The van der Waals surface area contributed by atoms with Crippen LogP contribution in [-0.2, 0) is 17.8 Å². The highest BCUT2D eigenvalue weighted by atomic mass is 32.2. The molecule has 0 radical (unpaired) electrons. The molecule has 7 heteroatoms. The van der Waals surface area contributed by atoms with Crippen LogP contribution in [0, 0.1) is 5.92 Å². The van der Waals surface area contributed by atoms with Gasteiger partial charge in [-0.25, -0.2) is 4.98 Å². The minimum absolute atomic E-state index is 0.0231. The zero-order valence-corrected chi connectivity index (χ0v) is 18.6. The number of piperidine rings is 1. The number of hydrogen-bond donors (Lipinski definition) is 0. The van der Waals surface area contributed by atoms with E-state index in [1.807, 2.05) is 35.2 Å². The van der Waals surface area contributed by atoms with Crippen molar-refractivity contribution in [3.05, 3.63) is 51.9 Å². The van der Waals surface area contributed by atoms with Crippen molar-refractivity contribution in [1.29, 1.82) is 0 Å². The first kappa shape index (κ1) is 20.5. The van der Waals surface area contributed by atoms with Gasteiger partial charge in [-0.15, -0.1) is 11.8 Å². The fourth-order valence-corrected chi connectivity index (χ4v) is 5.86. The van der Waals surface area contributed by atoms with Crippen LogP contribution >= 0.6 is 23.5 Å². The lowest BCUT2D eigenvalue weighted by atomic mass is 9.99. The number of amides is 1. The number of fused-ring (bicyclic) bond motifs is 1. The summed E-state index contributed by atoms with van der Waals surface area (Å²) >= 11 is 3.02. The van der Waals surface area contributed by atoms with Crippen molar-refractivity contribution in [3.63, 3.8) is 0 Å². The second kappa shape index (κ2) is 8.96. The highest BCUT2D eigenvalue weighted by Gasteiger charge is 2.27. The van der Waals surface area contributed by atoms with E-state index in [0.717, 1.165) is 48.5 Å². The average Bonchev–Trinajstić information content (AvgIpc) is 3.10. The summed E-state index contributed by atoms with van der Waals surface area (Å²) in [4.78, 5) is 33.5. The van der Waals surface area contributed by atoms with Crippen molar-refractivity contribution in [3.8, 4) is 0 Å². The Morgan fingerprint density at radius 1 is 1.21 bits per heavy atom. The number of thioether (sulfide) groups is 2. The minimum Gasteiger partial charge on any atom is -0.342 e. The predicted octanol–water partition coefficient (Wildman–Crippen LogP) is 3.68. The Morgan fingerprint density at radius 2 is 1.93 bits per heavy atom. The molecule has 2 aliphatic rings. The van der Waals surface area contributed by atoms with Gasteiger partial charge < -0.3 is 4.90 Å². The third-order valence-corrected chi connectivity index (χ3v) is 7.78. The SMILES string of the molecule is CC1CCN(C(=O)CSc2nc3c(c(=O)n2Cc2ccccc2)SC(C)C3)CC1. The molecule has 29 heavy (non-hydrogen) atoms. The summed E-state index contributed by atoms with van der Waals surface area (Å²) in [6.45, 7) is 6.52. The van der Waals surface area contributed by atoms with Gasteiger partial charge in [0.15, 0.2) is 5.16 Å². The number of nitrogens with zero attached hydrogens (tertiary/aromatic N) is 3. The van der Waals surface area contributed by atoms with Crippen LogP contribution < -0.4 is 5.56 Å². The Labute approximate surface area is 180 Å². The van der Waals surface area contributed by atoms with Crippen LogP contribution in [0.1, 0.15) is 37.9 Å². The molecule has 1 fully saturated rings. The van der Waals surface area contributed by atoms with Crippen molar-refractivity contribution < 1.29 is 4.79 Å². The Morgan fingerprint density at radius 3 is 2.66 bits per heavy atom. The third-order valence-electron chi connectivity index (χ3n) is 5.61. The molecule has 1 unspecified atom stereocenters. The van der Waals surface area contributed by atoms with Crippen LogP contribution in [0.5, 0.6) is 0 Å². The highest BCUT2D eigenvalue weighted by Crippen LogP contribution is 2.34. The van der Waals surface area contributed by atoms with Crippen LogP contribution in [0.4, 0.5) is 0 Å². The summed E-state index contributed by atoms with van der Waals surface area (Å²) in [5.41, 5.74) is 1.97. The van der Waals surface area contributed by atoms with E-state index >= 15 is 0 Å². The highest BCUT2D eigenvalue weighted by molar-refractivity contribution is 8.00. The first-order chi connectivity index (χ1) is 14.0. The van der Waals surface area contributed by atoms with E-state index < -0.39 is 0 Å². The molecule has 0 bridgehead atoms. The maximum absolute atomic E-state index is 13.2. The number of likely N-dealkylation sites (tertiary alicyclic amines) is 1. The maximum atomic E-state index is 13.2. The number of carbonyl (C=O) groups excluding carboxylic acids is 1. The van der Waals surface area contributed by atoms with Crippen LogP contribution in [0.25, 0.3) is 0 Å². The van der Waals surface area contributed by atoms with Crippen molar-refractivity contribution in [2.45, 2.75) is 55.0 Å². The van der Waals surface area contributed by atoms with Crippen molar-refractivity contribution in [2.75, 3.05) is 18.8 Å². The largest absolute Gasteiger partial charge is 0.342 e. The summed E-state index contributed by atoms with van der Waals surface area (Å²) in [6.07, 6.45) is 2.95. The molecule has 0 saturated carbocycles. The molecular weight excluding hydrogens is 402 g/mol. The van der Waals surface area contributed by atoms with Gasteiger partial charge in [-0.05, 0) is 24.3 Å². The molecule has 5 nitrogen and oxygen atoms in total. The topological polar surface area (TPSA) is 55.2 Å². The van der Waals surface area contributed by atoms with Gasteiger partial charge in [0, 0.05) is 24.8 Å². The second-order valence-corrected chi connectivity index (χ2v) is 10.4. The summed E-state index contributed by atoms with van der Waals surface area (Å²) in [5.74, 6) is 1.17. The number of benzene rings is 1. The molecular formula is C22H27N3O2S2. The standard InChI is InChI=1S/C22H27N3O2S2/c1-15-8-10-24(11-9-15)19(26)14-28-22-23-18-12-16(2)29-20(18)21(27)25(22)13-17-6-4-3-5-7-17/h3-7,15-16H,8-14H2,1-2H3. The predicted molar refractivity (Wildman–Crippen MR) is 119 cm³/mol. The third kappa shape index (κ3) is 4.72. The number of carbonyl (C=O) groups is 1. The monoisotopic (exact) mass is 429 g/mol. The van der Waals surface area contributed by atoms with E-state index in [2.05, 4.69) is 13.8 Å². The van der Waals surface area contributed by atoms with Gasteiger partial charge >= 0.3 is 0 Å². The molecule has 1 saturated heterocycles. The lowest BCUT2D eigenvalue weighted by Gasteiger charge is -2.30. The molecule has 1 atom stereocenters. The molecule has 0 spiro atoms. The lowest BCUT2D eigenvalue weighted by Crippen LogP contribution is -2.39. The Hall–Kier alpha value is -1.73. The fraction of sp³-hybridized carbons (Fsp3) is 0.500. The second-order valence-electron chi connectivity index (χ2n) is 8.03. The number of aromatic nitrogens is 2. The summed E-state index contributed by atoms with van der Waals surface area (Å²) in [7, 11) is 0. The fourth-order valence-electron chi connectivity index (χ4n) is 3.82. The Kier molecular flexibility index (Phi) is 6.35. The van der Waals surface area contributed by atoms with Crippen LogP contribution in [0.2, 0.25) is 0 Å². The lowest BCUT2D eigenvalue weighted by molar-refractivity contribution is -0.129. The van der Waals surface area contributed by atoms with Crippen molar-refractivity contribution in [2.24, 2.45) is 5.92 Å². The first-order valence-corrected chi connectivity index (χ1v) is 12.1. The first-order valence-electron chi connectivity index (χ1n) is 10.3. The average molecular weight is 430 g/mol.